The Kier molecular flexibility index (Phi) is 29.8. The van der Waals surface area contributed by atoms with E-state index in [0.29, 0.717) is 12.8 Å². The Morgan fingerprint density at radius 1 is 0.750 bits per heavy atom. The Hall–Kier alpha value is -2.35. The second kappa shape index (κ2) is 33.2. The van der Waals surface area contributed by atoms with Gasteiger partial charge in [0.1, 0.15) is 25.0 Å². The first-order valence-corrected chi connectivity index (χ1v) is 25.1. The van der Waals surface area contributed by atoms with Crippen LogP contribution in [-0.2, 0) is 37.4 Å². The van der Waals surface area contributed by atoms with E-state index in [9.17, 15) is 33.7 Å². The second-order valence-electron chi connectivity index (χ2n) is 16.7. The standard InChI is InChI=1S/C45H81N2O12P/c1-4-6-8-10-12-14-16-18-20-22-24-26-28-30-42(49)55-35-38(57-43(50)31-29-27-25-23-21-19-17-15-13-11-9-7-5-2)36-56-60(53,54)59-39-32-41(58-40(39)34-48)47-33-37(3)44(51)46-45(47)52/h33,38-41,48H,4-32,34-36H2,1-3H3,(H,53,54)(H,46,51,52)/t38?,39-,40+,41+/m0/s1. The predicted molar refractivity (Wildman–Crippen MR) is 234 cm³/mol. The van der Waals surface area contributed by atoms with Crippen molar-refractivity contribution in [3.05, 3.63) is 32.6 Å². The lowest BCUT2D eigenvalue weighted by atomic mass is 10.0. The number of aromatic nitrogens is 2. The van der Waals surface area contributed by atoms with Crippen molar-refractivity contribution in [1.82, 2.24) is 9.55 Å². The van der Waals surface area contributed by atoms with Crippen LogP contribution in [-0.4, -0.2) is 69.6 Å². The van der Waals surface area contributed by atoms with Crippen molar-refractivity contribution in [2.24, 2.45) is 0 Å². The maximum Gasteiger partial charge on any atom is 0.472 e. The number of esters is 2. The molecule has 1 aliphatic heterocycles. The van der Waals surface area contributed by atoms with Gasteiger partial charge in [0.15, 0.2) is 6.10 Å². The number of aryl methyl sites for hydroxylation is 1. The number of ether oxygens (including phenoxy) is 3. The number of nitrogens with zero attached hydrogens (tertiary/aromatic N) is 1. The van der Waals surface area contributed by atoms with E-state index in [2.05, 4.69) is 18.8 Å². The Balaban J connectivity index is 1.81. The van der Waals surface area contributed by atoms with Crippen LogP contribution >= 0.6 is 7.82 Å². The van der Waals surface area contributed by atoms with Crippen molar-refractivity contribution < 1.29 is 47.4 Å². The first-order chi connectivity index (χ1) is 29.0. The number of hydrogen-bond donors (Lipinski definition) is 3. The number of phosphoric acid groups is 1. The summed E-state index contributed by atoms with van der Waals surface area (Å²) in [5, 5.41) is 9.90. The molecule has 0 aliphatic carbocycles. The van der Waals surface area contributed by atoms with E-state index in [0.717, 1.165) is 43.1 Å². The molecule has 348 valence electrons. The van der Waals surface area contributed by atoms with Gasteiger partial charge in [-0.2, -0.15) is 0 Å². The number of rotatable bonds is 38. The van der Waals surface area contributed by atoms with Crippen molar-refractivity contribution in [3.8, 4) is 0 Å². The van der Waals surface area contributed by atoms with E-state index in [1.54, 1.807) is 0 Å². The van der Waals surface area contributed by atoms with E-state index in [-0.39, 0.29) is 31.4 Å². The summed E-state index contributed by atoms with van der Waals surface area (Å²) in [4.78, 5) is 62.6. The average molecular weight is 873 g/mol. The molecule has 0 aromatic carbocycles. The molecule has 0 radical (unpaired) electrons. The van der Waals surface area contributed by atoms with Crippen molar-refractivity contribution in [2.75, 3.05) is 19.8 Å². The molecule has 14 nitrogen and oxygen atoms in total. The van der Waals surface area contributed by atoms with Crippen molar-refractivity contribution in [2.45, 2.75) is 232 Å². The van der Waals surface area contributed by atoms with Crippen molar-refractivity contribution in [1.29, 1.82) is 0 Å². The fraction of sp³-hybridized carbons (Fsp3) is 0.867. The molecule has 1 aliphatic rings. The van der Waals surface area contributed by atoms with E-state index in [1.807, 2.05) is 0 Å². The van der Waals surface area contributed by atoms with Crippen LogP contribution in [0.1, 0.15) is 212 Å². The number of H-pyrrole nitrogens is 1. The molecule has 0 spiro atoms. The zero-order chi connectivity index (χ0) is 43.9. The highest BCUT2D eigenvalue weighted by Crippen LogP contribution is 2.48. The van der Waals surface area contributed by atoms with Gasteiger partial charge in [-0.15, -0.1) is 0 Å². The largest absolute Gasteiger partial charge is 0.472 e. The number of carbonyl (C=O) groups excluding carboxylic acids is 2. The molecule has 2 rings (SSSR count). The number of hydrogen-bond acceptors (Lipinski definition) is 11. The molecule has 1 aromatic rings. The topological polar surface area (TPSA) is 193 Å². The number of aliphatic hydroxyl groups excluding tert-OH is 1. The Bertz CT molecular complexity index is 1450. The van der Waals surface area contributed by atoms with Crippen LogP contribution in [0.3, 0.4) is 0 Å². The van der Waals surface area contributed by atoms with E-state index in [4.69, 9.17) is 23.3 Å². The van der Waals surface area contributed by atoms with Gasteiger partial charge in [-0.25, -0.2) is 9.36 Å². The summed E-state index contributed by atoms with van der Waals surface area (Å²) in [6.07, 6.45) is 27.8. The third-order valence-electron chi connectivity index (χ3n) is 11.2. The molecule has 0 amide bonds. The zero-order valence-corrected chi connectivity index (χ0v) is 38.3. The summed E-state index contributed by atoms with van der Waals surface area (Å²) in [6.45, 7) is 4.44. The first kappa shape index (κ1) is 53.8. The van der Waals surface area contributed by atoms with Crippen LogP contribution in [0.4, 0.5) is 0 Å². The smallest absolute Gasteiger partial charge is 0.462 e. The summed E-state index contributed by atoms with van der Waals surface area (Å²) in [6, 6.07) is 0. The Morgan fingerprint density at radius 2 is 1.20 bits per heavy atom. The lowest BCUT2D eigenvalue weighted by Crippen LogP contribution is -2.33. The maximum absolute atomic E-state index is 13.1. The molecule has 1 aromatic heterocycles. The highest BCUT2D eigenvalue weighted by Gasteiger charge is 2.42. The highest BCUT2D eigenvalue weighted by molar-refractivity contribution is 7.47. The van der Waals surface area contributed by atoms with E-state index >= 15 is 0 Å². The molecule has 5 atom stereocenters. The molecule has 15 heteroatoms. The predicted octanol–water partition coefficient (Wildman–Crippen LogP) is 10.0. The van der Waals surface area contributed by atoms with Crippen LogP contribution in [0.15, 0.2) is 15.8 Å². The third kappa shape index (κ3) is 24.9. The average Bonchev–Trinajstić information content (AvgIpc) is 3.62. The fourth-order valence-electron chi connectivity index (χ4n) is 7.52. The van der Waals surface area contributed by atoms with E-state index < -0.39 is 68.8 Å². The lowest BCUT2D eigenvalue weighted by Gasteiger charge is -2.22. The van der Waals surface area contributed by atoms with Gasteiger partial charge in [-0.05, 0) is 19.8 Å². The second-order valence-corrected chi connectivity index (χ2v) is 18.1. The highest BCUT2D eigenvalue weighted by atomic mass is 31.2. The molecule has 2 heterocycles. The van der Waals surface area contributed by atoms with E-state index in [1.165, 1.54) is 129 Å². The summed E-state index contributed by atoms with van der Waals surface area (Å²) >= 11 is 0. The molecular weight excluding hydrogens is 791 g/mol. The summed E-state index contributed by atoms with van der Waals surface area (Å²) in [5.74, 6) is -0.978. The molecule has 60 heavy (non-hydrogen) atoms. The Labute approximate surface area is 359 Å². The molecular formula is C45H81N2O12P. The van der Waals surface area contributed by atoms with Crippen LogP contribution in [0.2, 0.25) is 0 Å². The number of unbranched alkanes of at least 4 members (excludes halogenated alkanes) is 24. The minimum atomic E-state index is -4.85. The lowest BCUT2D eigenvalue weighted by molar-refractivity contribution is -0.161. The number of phosphoric ester groups is 1. The van der Waals surface area contributed by atoms with Crippen molar-refractivity contribution >= 4 is 19.8 Å². The SMILES string of the molecule is CCCCCCCCCCCCCCCC(=O)OCC(COP(=O)(O)O[C@H]1C[C@H](n2cc(C)c(=O)[nH]c2=O)O[C@@H]1CO)OC(=O)CCCCCCCCCCCCCCC. The van der Waals surface area contributed by atoms with Crippen LogP contribution in [0.5, 0.6) is 0 Å². The monoisotopic (exact) mass is 873 g/mol. The summed E-state index contributed by atoms with van der Waals surface area (Å²) < 4.78 is 41.6. The van der Waals surface area contributed by atoms with Gasteiger partial charge in [0.2, 0.25) is 0 Å². The number of aliphatic hydroxyl groups is 1. The van der Waals surface area contributed by atoms with Crippen molar-refractivity contribution in [3.63, 3.8) is 0 Å². The molecule has 3 N–H and O–H groups in total. The molecule has 0 bridgehead atoms. The van der Waals surface area contributed by atoms with Gasteiger partial charge >= 0.3 is 25.5 Å². The van der Waals surface area contributed by atoms with Crippen LogP contribution in [0, 0.1) is 6.92 Å². The maximum atomic E-state index is 13.1. The molecule has 1 fully saturated rings. The zero-order valence-electron chi connectivity index (χ0n) is 37.4. The normalized spacial score (nSPS) is 18.1. The minimum absolute atomic E-state index is 0.112. The number of carbonyl (C=O) groups is 2. The van der Waals surface area contributed by atoms with Gasteiger partial charge < -0.3 is 24.2 Å². The number of aromatic amines is 1. The molecule has 0 saturated carbocycles. The third-order valence-corrected chi connectivity index (χ3v) is 12.2. The van der Waals surface area contributed by atoms with Gasteiger partial charge in [0.25, 0.3) is 5.56 Å². The first-order valence-electron chi connectivity index (χ1n) is 23.6. The minimum Gasteiger partial charge on any atom is -0.462 e. The fourth-order valence-corrected chi connectivity index (χ4v) is 8.50. The quantitative estimate of drug-likeness (QED) is 0.0324. The molecule has 2 unspecified atom stereocenters. The van der Waals surface area contributed by atoms with Gasteiger partial charge in [0, 0.05) is 31.0 Å². The Morgan fingerprint density at radius 3 is 1.67 bits per heavy atom. The number of nitrogens with one attached hydrogen (secondary N) is 1. The summed E-state index contributed by atoms with van der Waals surface area (Å²) in [5.41, 5.74) is -1.05. The molecule has 1 saturated heterocycles. The van der Waals surface area contributed by atoms with Crippen LogP contribution < -0.4 is 11.2 Å². The van der Waals surface area contributed by atoms with Crippen LogP contribution in [0.25, 0.3) is 0 Å². The van der Waals surface area contributed by atoms with Gasteiger partial charge in [0.05, 0.1) is 13.2 Å². The summed E-state index contributed by atoms with van der Waals surface area (Å²) in [7, 11) is -4.85. The van der Waals surface area contributed by atoms with Gasteiger partial charge in [-0.3, -0.25) is 33.0 Å². The van der Waals surface area contributed by atoms with Gasteiger partial charge in [-0.1, -0.05) is 168 Å².